The van der Waals surface area contributed by atoms with Crippen LogP contribution in [0.5, 0.6) is 5.75 Å². The molecule has 0 radical (unpaired) electrons. The van der Waals surface area contributed by atoms with Crippen LogP contribution in [0.1, 0.15) is 51.7 Å². The van der Waals surface area contributed by atoms with Crippen LogP contribution in [0.3, 0.4) is 0 Å². The van der Waals surface area contributed by atoms with Crippen molar-refractivity contribution < 1.29 is 71.5 Å². The highest BCUT2D eigenvalue weighted by molar-refractivity contribution is 5.81. The zero-order chi connectivity index (χ0) is 45.2. The molecular weight excluding hydrogens is 808 g/mol. The number of hydrogen-bond donors (Lipinski definition) is 2. The lowest BCUT2D eigenvalue weighted by molar-refractivity contribution is -0.317. The van der Waals surface area contributed by atoms with Crippen LogP contribution in [0.2, 0.25) is 0 Å². The summed E-state index contributed by atoms with van der Waals surface area (Å²) in [4.78, 5) is 90.3. The number of rotatable bonds is 20. The van der Waals surface area contributed by atoms with Gasteiger partial charge >= 0.3 is 29.8 Å². The lowest BCUT2D eigenvalue weighted by atomic mass is 9.87. The molecule has 0 aliphatic carbocycles. The number of esters is 5. The molecule has 0 saturated carbocycles. The lowest BCUT2D eigenvalue weighted by Gasteiger charge is -2.48. The highest BCUT2D eigenvalue weighted by Gasteiger charge is 2.59. The SMILES string of the molecule is C#CCCOc1cccc(COC2(C(=O)OC)C[C@H](OC(C)=O)[C@@H](NC(=O)COC(C)=O)[C@H]([C@H](OC(C)=O)[C@@H](CNC(=O)Cc3ccc(-c4ccccc4)cc3)OC(C)=O)O2)c1. The average molecular weight is 859 g/mol. The van der Waals surface area contributed by atoms with Gasteiger partial charge in [-0.05, 0) is 34.4 Å². The van der Waals surface area contributed by atoms with E-state index in [9.17, 15) is 33.6 Å². The van der Waals surface area contributed by atoms with Crippen molar-refractivity contribution in [2.24, 2.45) is 0 Å². The van der Waals surface area contributed by atoms with Gasteiger partial charge in [0.05, 0.1) is 45.8 Å². The van der Waals surface area contributed by atoms with Gasteiger partial charge in [0, 0.05) is 34.1 Å². The smallest absolute Gasteiger partial charge is 0.366 e. The van der Waals surface area contributed by atoms with Gasteiger partial charge in [-0.3, -0.25) is 28.8 Å². The molecule has 0 aromatic heterocycles. The van der Waals surface area contributed by atoms with Crippen LogP contribution in [-0.4, -0.2) is 105 Å². The van der Waals surface area contributed by atoms with E-state index in [0.29, 0.717) is 23.3 Å². The fourth-order valence-corrected chi connectivity index (χ4v) is 6.60. The summed E-state index contributed by atoms with van der Waals surface area (Å²) >= 11 is 0. The topological polar surface area (TPSA) is 217 Å². The summed E-state index contributed by atoms with van der Waals surface area (Å²) in [6.45, 7) is 2.89. The summed E-state index contributed by atoms with van der Waals surface area (Å²) in [7, 11) is 1.05. The molecule has 0 spiro atoms. The Labute approximate surface area is 359 Å². The number of benzene rings is 3. The second-order valence-electron chi connectivity index (χ2n) is 14.1. The van der Waals surface area contributed by atoms with Crippen molar-refractivity contribution in [2.75, 3.05) is 26.9 Å². The molecule has 1 heterocycles. The van der Waals surface area contributed by atoms with Crippen LogP contribution in [0.25, 0.3) is 11.1 Å². The molecule has 1 aliphatic heterocycles. The first-order valence-electron chi connectivity index (χ1n) is 19.5. The Bertz CT molecular complexity index is 2080. The second kappa shape index (κ2) is 23.3. The molecule has 330 valence electrons. The maximum Gasteiger partial charge on any atom is 0.366 e. The van der Waals surface area contributed by atoms with Crippen molar-refractivity contribution in [2.45, 2.75) is 89.8 Å². The quantitative estimate of drug-likeness (QED) is 0.0722. The van der Waals surface area contributed by atoms with E-state index in [1.54, 1.807) is 36.4 Å². The van der Waals surface area contributed by atoms with Gasteiger partial charge < -0.3 is 48.5 Å². The number of nitrogens with one attached hydrogen (secondary N) is 2. The number of amides is 2. The van der Waals surface area contributed by atoms with Crippen molar-refractivity contribution in [3.05, 3.63) is 90.0 Å². The number of ether oxygens (including phenoxy) is 8. The minimum absolute atomic E-state index is 0.0984. The number of carbonyl (C=O) groups excluding carboxylic acids is 7. The van der Waals surface area contributed by atoms with Crippen molar-refractivity contribution in [3.63, 3.8) is 0 Å². The maximum absolute atomic E-state index is 13.9. The first kappa shape index (κ1) is 47.9. The van der Waals surface area contributed by atoms with Gasteiger partial charge in [0.2, 0.25) is 5.91 Å². The summed E-state index contributed by atoms with van der Waals surface area (Å²) in [5, 5.41) is 5.27. The first-order valence-corrected chi connectivity index (χ1v) is 19.5. The van der Waals surface area contributed by atoms with Crippen molar-refractivity contribution in [1.29, 1.82) is 0 Å². The van der Waals surface area contributed by atoms with Crippen LogP contribution in [-0.2, 0) is 79.7 Å². The van der Waals surface area contributed by atoms with Crippen molar-refractivity contribution in [3.8, 4) is 29.2 Å². The molecule has 3 aromatic carbocycles. The van der Waals surface area contributed by atoms with E-state index in [0.717, 1.165) is 45.9 Å². The second-order valence-corrected chi connectivity index (χ2v) is 14.1. The van der Waals surface area contributed by atoms with Gasteiger partial charge in [-0.25, -0.2) is 4.79 Å². The highest BCUT2D eigenvalue weighted by atomic mass is 16.7. The molecule has 4 rings (SSSR count). The number of terminal acetylenes is 1. The lowest BCUT2D eigenvalue weighted by Crippen LogP contribution is -2.69. The van der Waals surface area contributed by atoms with Gasteiger partial charge in [-0.1, -0.05) is 66.7 Å². The first-order chi connectivity index (χ1) is 29.6. The Kier molecular flexibility index (Phi) is 18.0. The zero-order valence-corrected chi connectivity index (χ0v) is 35.0. The van der Waals surface area contributed by atoms with Crippen LogP contribution in [0, 0.1) is 12.3 Å². The molecule has 1 saturated heterocycles. The highest BCUT2D eigenvalue weighted by Crippen LogP contribution is 2.38. The summed E-state index contributed by atoms with van der Waals surface area (Å²) in [5.41, 5.74) is 3.07. The molecular formula is C45H50N2O15. The summed E-state index contributed by atoms with van der Waals surface area (Å²) in [6.07, 6.45) is -1.62. The van der Waals surface area contributed by atoms with Gasteiger partial charge in [0.15, 0.2) is 18.8 Å². The molecule has 6 atom stereocenters. The normalized spacial score (nSPS) is 18.9. The fourth-order valence-electron chi connectivity index (χ4n) is 6.60. The van der Waals surface area contributed by atoms with Gasteiger partial charge in [-0.15, -0.1) is 12.3 Å². The Morgan fingerprint density at radius 3 is 2.15 bits per heavy atom. The summed E-state index contributed by atoms with van der Waals surface area (Å²) in [6, 6.07) is 22.1. The van der Waals surface area contributed by atoms with E-state index in [2.05, 4.69) is 16.6 Å². The van der Waals surface area contributed by atoms with Crippen molar-refractivity contribution >= 4 is 41.7 Å². The van der Waals surface area contributed by atoms with Crippen LogP contribution in [0.15, 0.2) is 78.9 Å². The number of hydrogen-bond acceptors (Lipinski definition) is 15. The molecule has 3 aromatic rings. The van der Waals surface area contributed by atoms with E-state index in [4.69, 9.17) is 44.3 Å². The third-order valence-electron chi connectivity index (χ3n) is 9.22. The molecule has 2 N–H and O–H groups in total. The Morgan fingerprint density at radius 1 is 0.823 bits per heavy atom. The van der Waals surface area contributed by atoms with E-state index >= 15 is 0 Å². The minimum Gasteiger partial charge on any atom is -0.493 e. The molecule has 1 unspecified atom stereocenters. The van der Waals surface area contributed by atoms with E-state index in [1.165, 1.54) is 0 Å². The van der Waals surface area contributed by atoms with Gasteiger partial charge in [-0.2, -0.15) is 0 Å². The predicted octanol–water partition coefficient (Wildman–Crippen LogP) is 3.13. The summed E-state index contributed by atoms with van der Waals surface area (Å²) < 4.78 is 45.4. The number of carbonyl (C=O) groups is 7. The maximum atomic E-state index is 13.9. The Morgan fingerprint density at radius 2 is 1.52 bits per heavy atom. The third kappa shape index (κ3) is 14.5. The Balaban J connectivity index is 1.73. The van der Waals surface area contributed by atoms with E-state index in [1.807, 2.05) is 42.5 Å². The van der Waals surface area contributed by atoms with Gasteiger partial charge in [0.25, 0.3) is 11.7 Å². The molecule has 17 nitrogen and oxygen atoms in total. The van der Waals surface area contributed by atoms with Gasteiger partial charge in [0.1, 0.15) is 18.0 Å². The van der Waals surface area contributed by atoms with Crippen LogP contribution < -0.4 is 15.4 Å². The molecule has 2 amide bonds. The number of methoxy groups -OCH3 is 1. The minimum atomic E-state index is -2.45. The van der Waals surface area contributed by atoms with E-state index < -0.39 is 97.5 Å². The monoisotopic (exact) mass is 858 g/mol. The fraction of sp³-hybridized carbons (Fsp3) is 0.400. The molecule has 1 aliphatic rings. The Hall–Kier alpha value is -6.77. The molecule has 0 bridgehead atoms. The predicted molar refractivity (Wildman–Crippen MR) is 218 cm³/mol. The van der Waals surface area contributed by atoms with Crippen LogP contribution >= 0.6 is 0 Å². The summed E-state index contributed by atoms with van der Waals surface area (Å²) in [5.74, 6) is -5.55. The zero-order valence-electron chi connectivity index (χ0n) is 35.0. The van der Waals surface area contributed by atoms with Crippen molar-refractivity contribution in [1.82, 2.24) is 10.6 Å². The molecule has 1 fully saturated rings. The van der Waals surface area contributed by atoms with E-state index in [-0.39, 0.29) is 19.6 Å². The third-order valence-corrected chi connectivity index (χ3v) is 9.22. The molecule has 62 heavy (non-hydrogen) atoms. The average Bonchev–Trinajstić information content (AvgIpc) is 3.23. The molecule has 17 heteroatoms. The van der Waals surface area contributed by atoms with Crippen LogP contribution in [0.4, 0.5) is 0 Å². The standard InChI is InChI=1S/C45H50N2O15/c1-7-8-21-56-36-16-12-13-33(22-36)26-58-45(44(54)55-6)24-37(59-29(3)49)41(47-40(53)27-57-28(2)48)43(62-45)42(61-31(5)51)38(60-30(4)50)25-46-39(52)23-32-17-19-35(20-18-32)34-14-10-9-11-15-34/h1,9-20,22,37-38,41-43H,8,21,23-27H2,2-6H3,(H,46,52)(H,47,53)/t37-,38+,41+,42+,43+,45?/m0/s1. The largest absolute Gasteiger partial charge is 0.493 e.